The van der Waals surface area contributed by atoms with Gasteiger partial charge in [-0.1, -0.05) is 0 Å². The van der Waals surface area contributed by atoms with Crippen molar-refractivity contribution in [3.05, 3.63) is 17.7 Å². The molecule has 1 aromatic carbocycles. The summed E-state index contributed by atoms with van der Waals surface area (Å²) in [5.41, 5.74) is 1.50. The Morgan fingerprint density at radius 2 is 2.06 bits per heavy atom. The molecule has 5 heteroatoms. The lowest BCUT2D eigenvalue weighted by atomic mass is 10.1. The topological polar surface area (TPSA) is 67.8 Å². The molecule has 0 radical (unpaired) electrons. The van der Waals surface area contributed by atoms with E-state index in [1.165, 1.54) is 7.11 Å². The molecule has 1 aromatic rings. The number of hydrogen-bond acceptors (Lipinski definition) is 4. The number of nitrogens with one attached hydrogen (secondary N) is 1. The zero-order chi connectivity index (χ0) is 13.5. The first-order valence-corrected chi connectivity index (χ1v) is 5.75. The Bertz CT molecular complexity index is 418. The minimum Gasteiger partial charge on any atom is -0.497 e. The molecule has 0 unspecified atom stereocenters. The number of aryl methyl sites for hydroxylation is 1. The fraction of sp³-hybridized carbons (Fsp3) is 0.462. The second-order valence-corrected chi connectivity index (χ2v) is 3.90. The number of benzene rings is 1. The molecule has 1 amide bonds. The van der Waals surface area contributed by atoms with E-state index in [1.807, 2.05) is 13.0 Å². The molecule has 0 atom stereocenters. The van der Waals surface area contributed by atoms with Gasteiger partial charge in [0.1, 0.15) is 11.5 Å². The van der Waals surface area contributed by atoms with E-state index in [-0.39, 0.29) is 18.9 Å². The van der Waals surface area contributed by atoms with Gasteiger partial charge in [-0.3, -0.25) is 4.79 Å². The van der Waals surface area contributed by atoms with Crippen molar-refractivity contribution in [2.24, 2.45) is 0 Å². The zero-order valence-electron chi connectivity index (χ0n) is 10.9. The summed E-state index contributed by atoms with van der Waals surface area (Å²) in [7, 11) is 3.12. The van der Waals surface area contributed by atoms with Crippen LogP contribution >= 0.6 is 0 Å². The molecule has 0 bridgehead atoms. The first-order chi connectivity index (χ1) is 8.62. The molecular weight excluding hydrogens is 234 g/mol. The summed E-state index contributed by atoms with van der Waals surface area (Å²) in [5.74, 6) is 1.09. The Labute approximate surface area is 107 Å². The van der Waals surface area contributed by atoms with Gasteiger partial charge in [0.25, 0.3) is 0 Å². The summed E-state index contributed by atoms with van der Waals surface area (Å²) in [6, 6.07) is 3.54. The summed E-state index contributed by atoms with van der Waals surface area (Å²) in [6.45, 7) is 1.87. The third-order valence-electron chi connectivity index (χ3n) is 2.55. The second kappa shape index (κ2) is 6.86. The summed E-state index contributed by atoms with van der Waals surface area (Å²) in [6.07, 6.45) is 0.731. The van der Waals surface area contributed by atoms with Gasteiger partial charge in [0.05, 0.1) is 19.9 Å². The number of rotatable bonds is 6. The smallest absolute Gasteiger partial charge is 0.224 e. The lowest BCUT2D eigenvalue weighted by Gasteiger charge is -2.14. The average molecular weight is 253 g/mol. The lowest BCUT2D eigenvalue weighted by Crippen LogP contribution is -2.13. The Hall–Kier alpha value is -1.75. The van der Waals surface area contributed by atoms with Crippen LogP contribution < -0.4 is 14.8 Å². The van der Waals surface area contributed by atoms with Crippen LogP contribution in [0, 0.1) is 6.92 Å². The first kappa shape index (κ1) is 14.3. The fourth-order valence-corrected chi connectivity index (χ4v) is 1.60. The van der Waals surface area contributed by atoms with Crippen LogP contribution in [0.25, 0.3) is 0 Å². The molecule has 0 saturated carbocycles. The Kier molecular flexibility index (Phi) is 5.45. The van der Waals surface area contributed by atoms with Gasteiger partial charge in [-0.15, -0.1) is 0 Å². The molecule has 0 aliphatic carbocycles. The summed E-state index contributed by atoms with van der Waals surface area (Å²) >= 11 is 0. The van der Waals surface area contributed by atoms with Crippen LogP contribution in [0.3, 0.4) is 0 Å². The number of methoxy groups -OCH3 is 2. The Morgan fingerprint density at radius 3 is 2.61 bits per heavy atom. The van der Waals surface area contributed by atoms with Crippen LogP contribution in [0.15, 0.2) is 12.1 Å². The standard InChI is InChI=1S/C13H19NO4/c1-9-7-10(17-2)8-11(18-3)13(9)14-12(16)5-4-6-15/h7-8,15H,4-6H2,1-3H3,(H,14,16). The van der Waals surface area contributed by atoms with E-state index < -0.39 is 0 Å². The highest BCUT2D eigenvalue weighted by Crippen LogP contribution is 2.33. The zero-order valence-corrected chi connectivity index (χ0v) is 10.9. The van der Waals surface area contributed by atoms with E-state index in [1.54, 1.807) is 13.2 Å². The average Bonchev–Trinajstić information content (AvgIpc) is 2.38. The predicted molar refractivity (Wildman–Crippen MR) is 69.2 cm³/mol. The van der Waals surface area contributed by atoms with Gasteiger partial charge in [0, 0.05) is 19.1 Å². The normalized spacial score (nSPS) is 10.0. The van der Waals surface area contributed by atoms with Gasteiger partial charge in [0.15, 0.2) is 0 Å². The molecule has 1 rings (SSSR count). The first-order valence-electron chi connectivity index (χ1n) is 5.75. The Balaban J connectivity index is 2.90. The molecule has 5 nitrogen and oxygen atoms in total. The number of aliphatic hydroxyl groups is 1. The SMILES string of the molecule is COc1cc(C)c(NC(=O)CCCO)c(OC)c1. The van der Waals surface area contributed by atoms with Crippen molar-refractivity contribution in [1.29, 1.82) is 0 Å². The number of anilines is 1. The van der Waals surface area contributed by atoms with Crippen molar-refractivity contribution >= 4 is 11.6 Å². The van der Waals surface area contributed by atoms with Crippen LogP contribution in [-0.4, -0.2) is 31.8 Å². The van der Waals surface area contributed by atoms with Crippen molar-refractivity contribution in [3.63, 3.8) is 0 Å². The maximum absolute atomic E-state index is 11.6. The maximum atomic E-state index is 11.6. The van der Waals surface area contributed by atoms with Crippen LogP contribution in [0.4, 0.5) is 5.69 Å². The molecule has 0 aromatic heterocycles. The van der Waals surface area contributed by atoms with Gasteiger partial charge in [-0.2, -0.15) is 0 Å². The van der Waals surface area contributed by atoms with E-state index in [0.29, 0.717) is 23.6 Å². The van der Waals surface area contributed by atoms with Crippen LogP contribution in [0.2, 0.25) is 0 Å². The quantitative estimate of drug-likeness (QED) is 0.810. The predicted octanol–water partition coefficient (Wildman–Crippen LogP) is 1.72. The Morgan fingerprint density at radius 1 is 1.33 bits per heavy atom. The summed E-state index contributed by atoms with van der Waals surface area (Å²) in [4.78, 5) is 11.6. The fourth-order valence-electron chi connectivity index (χ4n) is 1.60. The van der Waals surface area contributed by atoms with Crippen molar-refractivity contribution in [1.82, 2.24) is 0 Å². The van der Waals surface area contributed by atoms with Gasteiger partial charge >= 0.3 is 0 Å². The number of ether oxygens (including phenoxy) is 2. The number of carbonyl (C=O) groups is 1. The molecule has 2 N–H and O–H groups in total. The molecule has 0 heterocycles. The third-order valence-corrected chi connectivity index (χ3v) is 2.55. The van der Waals surface area contributed by atoms with Gasteiger partial charge in [-0.25, -0.2) is 0 Å². The molecule has 0 aliphatic heterocycles. The number of hydrogen-bond donors (Lipinski definition) is 2. The van der Waals surface area contributed by atoms with Crippen LogP contribution in [0.5, 0.6) is 11.5 Å². The minimum atomic E-state index is -0.143. The van der Waals surface area contributed by atoms with Gasteiger partial charge in [0.2, 0.25) is 5.91 Å². The molecule has 18 heavy (non-hydrogen) atoms. The molecular formula is C13H19NO4. The summed E-state index contributed by atoms with van der Waals surface area (Å²) in [5, 5.41) is 11.5. The van der Waals surface area contributed by atoms with Crippen LogP contribution in [0.1, 0.15) is 18.4 Å². The molecule has 0 spiro atoms. The van der Waals surface area contributed by atoms with Gasteiger partial charge < -0.3 is 19.9 Å². The molecule has 100 valence electrons. The van der Waals surface area contributed by atoms with E-state index in [4.69, 9.17) is 14.6 Å². The number of amides is 1. The van der Waals surface area contributed by atoms with E-state index in [0.717, 1.165) is 5.56 Å². The van der Waals surface area contributed by atoms with E-state index in [2.05, 4.69) is 5.32 Å². The minimum absolute atomic E-state index is 0.00610. The highest BCUT2D eigenvalue weighted by molar-refractivity contribution is 5.93. The van der Waals surface area contributed by atoms with E-state index in [9.17, 15) is 4.79 Å². The summed E-state index contributed by atoms with van der Waals surface area (Å²) < 4.78 is 10.4. The van der Waals surface area contributed by atoms with Crippen molar-refractivity contribution < 1.29 is 19.4 Å². The molecule has 0 fully saturated rings. The third kappa shape index (κ3) is 3.63. The number of carbonyl (C=O) groups excluding carboxylic acids is 1. The largest absolute Gasteiger partial charge is 0.497 e. The number of aliphatic hydroxyl groups excluding tert-OH is 1. The molecule has 0 saturated heterocycles. The van der Waals surface area contributed by atoms with Crippen molar-refractivity contribution in [3.8, 4) is 11.5 Å². The molecule has 0 aliphatic rings. The highest BCUT2D eigenvalue weighted by atomic mass is 16.5. The van der Waals surface area contributed by atoms with Crippen molar-refractivity contribution in [2.75, 3.05) is 26.1 Å². The second-order valence-electron chi connectivity index (χ2n) is 3.90. The lowest BCUT2D eigenvalue weighted by molar-refractivity contribution is -0.116. The monoisotopic (exact) mass is 253 g/mol. The van der Waals surface area contributed by atoms with E-state index >= 15 is 0 Å². The van der Waals surface area contributed by atoms with Crippen molar-refractivity contribution in [2.45, 2.75) is 19.8 Å². The van der Waals surface area contributed by atoms with Gasteiger partial charge in [-0.05, 0) is 25.0 Å². The highest BCUT2D eigenvalue weighted by Gasteiger charge is 2.12. The maximum Gasteiger partial charge on any atom is 0.224 e. The van der Waals surface area contributed by atoms with Crippen LogP contribution in [-0.2, 0) is 4.79 Å².